The van der Waals surface area contributed by atoms with Gasteiger partial charge in [0.2, 0.25) is 0 Å². The van der Waals surface area contributed by atoms with Crippen LogP contribution in [0.25, 0.3) is 11.1 Å². The van der Waals surface area contributed by atoms with E-state index in [0.717, 1.165) is 28.8 Å². The van der Waals surface area contributed by atoms with Crippen LogP contribution in [-0.4, -0.2) is 38.7 Å². The molecule has 2 heterocycles. The van der Waals surface area contributed by atoms with E-state index in [1.54, 1.807) is 31.4 Å². The van der Waals surface area contributed by atoms with Crippen LogP contribution in [0.3, 0.4) is 0 Å². The number of fused-ring (bicyclic) bond motifs is 1. The van der Waals surface area contributed by atoms with E-state index in [1.807, 2.05) is 26.4 Å². The van der Waals surface area contributed by atoms with Crippen LogP contribution in [0.15, 0.2) is 54.7 Å². The van der Waals surface area contributed by atoms with Gasteiger partial charge in [-0.3, -0.25) is 4.79 Å². The standard InChI is InChI=1S/C23H23N3O3/c1-26(2)17-6-4-5-16(13-17)20-14-24-22(21-19(20)11-12-29-21)25-23(27)15-7-9-18(28-3)10-8-15/h4-10,13-14H,11-12H2,1-3H3,(H,24,25,27). The molecule has 4 rings (SSSR count). The third-order valence-electron chi connectivity index (χ3n) is 4.99. The Kier molecular flexibility index (Phi) is 5.08. The maximum absolute atomic E-state index is 12.6. The van der Waals surface area contributed by atoms with Crippen LogP contribution in [0.2, 0.25) is 0 Å². The zero-order valence-electron chi connectivity index (χ0n) is 16.7. The van der Waals surface area contributed by atoms with Crippen LogP contribution in [-0.2, 0) is 6.42 Å². The van der Waals surface area contributed by atoms with Crippen LogP contribution in [0.4, 0.5) is 11.5 Å². The topological polar surface area (TPSA) is 63.7 Å². The molecule has 1 aliphatic heterocycles. The van der Waals surface area contributed by atoms with Gasteiger partial charge in [0.15, 0.2) is 11.6 Å². The Morgan fingerprint density at radius 2 is 1.97 bits per heavy atom. The summed E-state index contributed by atoms with van der Waals surface area (Å²) in [6.07, 6.45) is 2.59. The summed E-state index contributed by atoms with van der Waals surface area (Å²) in [5, 5.41) is 2.88. The molecule has 0 spiro atoms. The molecule has 6 heteroatoms. The zero-order valence-corrected chi connectivity index (χ0v) is 16.7. The molecule has 0 bridgehead atoms. The number of amides is 1. The Hall–Kier alpha value is -3.54. The molecule has 0 saturated heterocycles. The van der Waals surface area contributed by atoms with E-state index in [9.17, 15) is 4.79 Å². The molecule has 1 aromatic heterocycles. The van der Waals surface area contributed by atoms with Gasteiger partial charge in [0, 0.05) is 49.1 Å². The molecular formula is C23H23N3O3. The van der Waals surface area contributed by atoms with E-state index in [1.165, 1.54) is 0 Å². The lowest BCUT2D eigenvalue weighted by atomic mass is 9.99. The summed E-state index contributed by atoms with van der Waals surface area (Å²) in [6.45, 7) is 0.576. The van der Waals surface area contributed by atoms with Crippen LogP contribution in [0.5, 0.6) is 11.5 Å². The lowest BCUT2D eigenvalue weighted by Gasteiger charge is -2.15. The molecule has 0 fully saturated rings. The SMILES string of the molecule is COc1ccc(C(=O)Nc2ncc(-c3cccc(N(C)C)c3)c3c2OCC3)cc1. The molecule has 1 N–H and O–H groups in total. The number of pyridine rings is 1. The normalized spacial score (nSPS) is 12.1. The first-order valence-corrected chi connectivity index (χ1v) is 9.44. The number of nitrogens with zero attached hydrogens (tertiary/aromatic N) is 2. The van der Waals surface area contributed by atoms with E-state index in [4.69, 9.17) is 9.47 Å². The highest BCUT2D eigenvalue weighted by molar-refractivity contribution is 6.04. The van der Waals surface area contributed by atoms with Gasteiger partial charge >= 0.3 is 0 Å². The number of nitrogens with one attached hydrogen (secondary N) is 1. The highest BCUT2D eigenvalue weighted by Crippen LogP contribution is 2.39. The van der Waals surface area contributed by atoms with Crippen molar-refractivity contribution in [2.24, 2.45) is 0 Å². The van der Waals surface area contributed by atoms with Gasteiger partial charge in [-0.1, -0.05) is 12.1 Å². The molecule has 0 unspecified atom stereocenters. The third kappa shape index (κ3) is 3.74. The number of methoxy groups -OCH3 is 1. The van der Waals surface area contributed by atoms with Crippen molar-refractivity contribution in [3.63, 3.8) is 0 Å². The lowest BCUT2D eigenvalue weighted by Crippen LogP contribution is -2.14. The molecule has 1 amide bonds. The summed E-state index contributed by atoms with van der Waals surface area (Å²) in [4.78, 5) is 19.2. The predicted octanol–water partition coefficient (Wildman–Crippen LogP) is 4.01. The molecule has 0 aliphatic carbocycles. The predicted molar refractivity (Wildman–Crippen MR) is 114 cm³/mol. The van der Waals surface area contributed by atoms with Crippen molar-refractivity contribution in [3.8, 4) is 22.6 Å². The zero-order chi connectivity index (χ0) is 20.4. The van der Waals surface area contributed by atoms with Gasteiger partial charge in [0.05, 0.1) is 13.7 Å². The fourth-order valence-electron chi connectivity index (χ4n) is 3.40. The van der Waals surface area contributed by atoms with E-state index in [0.29, 0.717) is 29.5 Å². The van der Waals surface area contributed by atoms with Crippen molar-refractivity contribution in [2.75, 3.05) is 38.0 Å². The first-order valence-electron chi connectivity index (χ1n) is 9.44. The second-order valence-corrected chi connectivity index (χ2v) is 7.05. The Bertz CT molecular complexity index is 1050. The largest absolute Gasteiger partial charge is 0.497 e. The van der Waals surface area contributed by atoms with E-state index < -0.39 is 0 Å². The quantitative estimate of drug-likeness (QED) is 0.714. The molecular weight excluding hydrogens is 366 g/mol. The Balaban J connectivity index is 1.64. The highest BCUT2D eigenvalue weighted by atomic mass is 16.5. The van der Waals surface area contributed by atoms with Crippen molar-refractivity contribution >= 4 is 17.4 Å². The average Bonchev–Trinajstić information content (AvgIpc) is 3.24. The minimum Gasteiger partial charge on any atom is -0.497 e. The third-order valence-corrected chi connectivity index (χ3v) is 4.99. The van der Waals surface area contributed by atoms with Gasteiger partial charge in [0.1, 0.15) is 5.75 Å². The number of ether oxygens (including phenoxy) is 2. The number of benzene rings is 2. The van der Waals surface area contributed by atoms with Crippen molar-refractivity contribution in [3.05, 3.63) is 65.9 Å². The molecule has 6 nitrogen and oxygen atoms in total. The van der Waals surface area contributed by atoms with Gasteiger partial charge in [-0.2, -0.15) is 0 Å². The number of aromatic nitrogens is 1. The fourth-order valence-corrected chi connectivity index (χ4v) is 3.40. The monoisotopic (exact) mass is 389 g/mol. The molecule has 1 aliphatic rings. The summed E-state index contributed by atoms with van der Waals surface area (Å²) in [5.74, 6) is 1.57. The molecule has 3 aromatic rings. The van der Waals surface area contributed by atoms with Gasteiger partial charge in [0.25, 0.3) is 5.91 Å². The summed E-state index contributed by atoms with van der Waals surface area (Å²) >= 11 is 0. The number of hydrogen-bond acceptors (Lipinski definition) is 5. The van der Waals surface area contributed by atoms with Gasteiger partial charge < -0.3 is 19.7 Å². The molecule has 0 saturated carbocycles. The van der Waals surface area contributed by atoms with Crippen LogP contribution in [0.1, 0.15) is 15.9 Å². The first-order chi connectivity index (χ1) is 14.1. The summed E-state index contributed by atoms with van der Waals surface area (Å²) < 4.78 is 11.0. The van der Waals surface area contributed by atoms with Crippen molar-refractivity contribution in [2.45, 2.75) is 6.42 Å². The average molecular weight is 389 g/mol. The Labute approximate surface area is 170 Å². The second-order valence-electron chi connectivity index (χ2n) is 7.05. The fraction of sp³-hybridized carbons (Fsp3) is 0.217. The summed E-state index contributed by atoms with van der Waals surface area (Å²) in [7, 11) is 5.63. The van der Waals surface area contributed by atoms with Gasteiger partial charge in [-0.15, -0.1) is 0 Å². The van der Waals surface area contributed by atoms with Crippen molar-refractivity contribution in [1.82, 2.24) is 4.98 Å². The second kappa shape index (κ2) is 7.83. The number of hydrogen-bond donors (Lipinski definition) is 1. The van der Waals surface area contributed by atoms with Crippen molar-refractivity contribution in [1.29, 1.82) is 0 Å². The summed E-state index contributed by atoms with van der Waals surface area (Å²) in [5.41, 5.74) is 4.83. The Morgan fingerprint density at radius 3 is 2.69 bits per heavy atom. The summed E-state index contributed by atoms with van der Waals surface area (Å²) in [6, 6.07) is 15.2. The van der Waals surface area contributed by atoms with E-state index in [-0.39, 0.29) is 5.91 Å². The highest BCUT2D eigenvalue weighted by Gasteiger charge is 2.24. The molecule has 29 heavy (non-hydrogen) atoms. The van der Waals surface area contributed by atoms with E-state index in [2.05, 4.69) is 33.4 Å². The van der Waals surface area contributed by atoms with Gasteiger partial charge in [-0.05, 0) is 42.0 Å². The lowest BCUT2D eigenvalue weighted by molar-refractivity contribution is 0.102. The molecule has 148 valence electrons. The minimum absolute atomic E-state index is 0.236. The van der Waals surface area contributed by atoms with Crippen LogP contribution < -0.4 is 19.7 Å². The molecule has 2 aromatic carbocycles. The number of carbonyl (C=O) groups excluding carboxylic acids is 1. The smallest absolute Gasteiger partial charge is 0.256 e. The van der Waals surface area contributed by atoms with Crippen molar-refractivity contribution < 1.29 is 14.3 Å². The molecule has 0 radical (unpaired) electrons. The number of anilines is 2. The number of carbonyl (C=O) groups is 1. The maximum atomic E-state index is 12.6. The maximum Gasteiger partial charge on any atom is 0.256 e. The van der Waals surface area contributed by atoms with Gasteiger partial charge in [-0.25, -0.2) is 4.98 Å². The van der Waals surface area contributed by atoms with Crippen LogP contribution in [0, 0.1) is 0 Å². The first kappa shape index (κ1) is 18.8. The molecule has 0 atom stereocenters. The minimum atomic E-state index is -0.236. The number of rotatable bonds is 5. The van der Waals surface area contributed by atoms with Crippen LogP contribution >= 0.6 is 0 Å². The van der Waals surface area contributed by atoms with E-state index >= 15 is 0 Å². The Morgan fingerprint density at radius 1 is 1.17 bits per heavy atom.